The van der Waals surface area contributed by atoms with E-state index in [1.54, 1.807) is 0 Å². The first-order valence-electron chi connectivity index (χ1n) is 7.29. The molecule has 19 heavy (non-hydrogen) atoms. The maximum Gasteiger partial charge on any atom is 0.208 e. The third kappa shape index (κ3) is 3.57. The Labute approximate surface area is 116 Å². The van der Waals surface area contributed by atoms with Crippen LogP contribution in [-0.4, -0.2) is 29.0 Å². The molecule has 0 aromatic carbocycles. The van der Waals surface area contributed by atoms with E-state index in [1.165, 1.54) is 12.8 Å². The molecule has 1 aromatic heterocycles. The lowest BCUT2D eigenvalue weighted by Gasteiger charge is -2.37. The highest BCUT2D eigenvalue weighted by Gasteiger charge is 2.27. The standard InChI is InChI=1S/C15H27N3O/c1-11-5-6-18(12(7-11)8-16)10-14-17-9-13(19-14)15(2,3)4/h9,11-12H,5-8,10,16H2,1-4H3. The molecule has 0 spiro atoms. The Kier molecular flexibility index (Phi) is 4.31. The van der Waals surface area contributed by atoms with Crippen LogP contribution in [0.3, 0.4) is 0 Å². The second-order valence-corrected chi connectivity index (χ2v) is 6.86. The molecule has 2 N–H and O–H groups in total. The number of oxazole rings is 1. The first-order chi connectivity index (χ1) is 8.90. The second kappa shape index (κ2) is 5.63. The molecule has 0 aliphatic carbocycles. The van der Waals surface area contributed by atoms with E-state index in [9.17, 15) is 0 Å². The van der Waals surface area contributed by atoms with Crippen LogP contribution in [0.5, 0.6) is 0 Å². The number of nitrogens with zero attached hydrogens (tertiary/aromatic N) is 2. The molecule has 2 unspecified atom stereocenters. The predicted molar refractivity (Wildman–Crippen MR) is 76.9 cm³/mol. The zero-order valence-electron chi connectivity index (χ0n) is 12.6. The van der Waals surface area contributed by atoms with Gasteiger partial charge in [-0.3, -0.25) is 4.90 Å². The lowest BCUT2D eigenvalue weighted by Crippen LogP contribution is -2.45. The average Bonchev–Trinajstić information content (AvgIpc) is 2.79. The fourth-order valence-corrected chi connectivity index (χ4v) is 2.66. The highest BCUT2D eigenvalue weighted by Crippen LogP contribution is 2.26. The summed E-state index contributed by atoms with van der Waals surface area (Å²) in [6.45, 7) is 11.3. The van der Waals surface area contributed by atoms with Gasteiger partial charge in [-0.15, -0.1) is 0 Å². The van der Waals surface area contributed by atoms with Crippen LogP contribution in [-0.2, 0) is 12.0 Å². The fraction of sp³-hybridized carbons (Fsp3) is 0.800. The van der Waals surface area contributed by atoms with Gasteiger partial charge in [-0.25, -0.2) is 4.98 Å². The SMILES string of the molecule is CC1CCN(Cc2ncc(C(C)(C)C)o2)C(CN)C1. The first-order valence-corrected chi connectivity index (χ1v) is 7.29. The number of likely N-dealkylation sites (tertiary alicyclic amines) is 1. The van der Waals surface area contributed by atoms with Gasteiger partial charge >= 0.3 is 0 Å². The zero-order chi connectivity index (χ0) is 14.0. The Morgan fingerprint density at radius 1 is 1.47 bits per heavy atom. The Morgan fingerprint density at radius 2 is 2.21 bits per heavy atom. The van der Waals surface area contributed by atoms with Crippen LogP contribution in [0.4, 0.5) is 0 Å². The average molecular weight is 265 g/mol. The maximum atomic E-state index is 5.89. The van der Waals surface area contributed by atoms with Gasteiger partial charge < -0.3 is 10.2 Å². The number of hydrogen-bond acceptors (Lipinski definition) is 4. The van der Waals surface area contributed by atoms with Gasteiger partial charge in [0.1, 0.15) is 5.76 Å². The van der Waals surface area contributed by atoms with Crippen LogP contribution in [0.1, 0.15) is 52.2 Å². The summed E-state index contributed by atoms with van der Waals surface area (Å²) in [6, 6.07) is 0.466. The van der Waals surface area contributed by atoms with Crippen molar-refractivity contribution in [1.82, 2.24) is 9.88 Å². The summed E-state index contributed by atoms with van der Waals surface area (Å²) in [4.78, 5) is 6.83. The smallest absolute Gasteiger partial charge is 0.208 e. The molecule has 1 aromatic rings. The molecule has 2 atom stereocenters. The minimum Gasteiger partial charge on any atom is -0.444 e. The van der Waals surface area contributed by atoms with E-state index in [0.29, 0.717) is 6.04 Å². The van der Waals surface area contributed by atoms with Crippen molar-refractivity contribution in [2.24, 2.45) is 11.7 Å². The highest BCUT2D eigenvalue weighted by molar-refractivity contribution is 5.06. The number of rotatable bonds is 3. The van der Waals surface area contributed by atoms with Gasteiger partial charge in [0.05, 0.1) is 12.7 Å². The fourth-order valence-electron chi connectivity index (χ4n) is 2.66. The van der Waals surface area contributed by atoms with Gasteiger partial charge in [0.25, 0.3) is 0 Å². The van der Waals surface area contributed by atoms with Gasteiger partial charge in [-0.2, -0.15) is 0 Å². The highest BCUT2D eigenvalue weighted by atomic mass is 16.4. The normalized spacial score (nSPS) is 25.7. The van der Waals surface area contributed by atoms with Crippen molar-refractivity contribution in [2.75, 3.05) is 13.1 Å². The summed E-state index contributed by atoms with van der Waals surface area (Å²) in [5.74, 6) is 2.55. The van der Waals surface area contributed by atoms with Crippen molar-refractivity contribution in [3.8, 4) is 0 Å². The molecule has 108 valence electrons. The Balaban J connectivity index is 2.02. The molecule has 0 saturated carbocycles. The van der Waals surface area contributed by atoms with E-state index in [0.717, 1.165) is 37.2 Å². The van der Waals surface area contributed by atoms with Crippen LogP contribution in [0.2, 0.25) is 0 Å². The monoisotopic (exact) mass is 265 g/mol. The molecule has 2 rings (SSSR count). The van der Waals surface area contributed by atoms with Gasteiger partial charge in [0, 0.05) is 18.0 Å². The van der Waals surface area contributed by atoms with Crippen molar-refractivity contribution in [1.29, 1.82) is 0 Å². The number of piperidine rings is 1. The van der Waals surface area contributed by atoms with Gasteiger partial charge in [0.2, 0.25) is 5.89 Å². The van der Waals surface area contributed by atoms with E-state index >= 15 is 0 Å². The lowest BCUT2D eigenvalue weighted by molar-refractivity contribution is 0.104. The molecule has 1 fully saturated rings. The minimum atomic E-state index is 0.0227. The molecule has 4 heteroatoms. The Hall–Kier alpha value is -0.870. The van der Waals surface area contributed by atoms with E-state index in [1.807, 2.05) is 6.20 Å². The molecule has 1 aliphatic rings. The Bertz CT molecular complexity index is 408. The summed E-state index contributed by atoms with van der Waals surface area (Å²) < 4.78 is 5.88. The summed E-state index contributed by atoms with van der Waals surface area (Å²) in [5.41, 5.74) is 5.91. The van der Waals surface area contributed by atoms with Crippen molar-refractivity contribution in [3.63, 3.8) is 0 Å². The molecular weight excluding hydrogens is 238 g/mol. The molecule has 1 saturated heterocycles. The van der Waals surface area contributed by atoms with E-state index in [2.05, 4.69) is 37.6 Å². The molecule has 4 nitrogen and oxygen atoms in total. The van der Waals surface area contributed by atoms with Crippen molar-refractivity contribution in [2.45, 2.75) is 58.5 Å². The van der Waals surface area contributed by atoms with Crippen LogP contribution in [0.15, 0.2) is 10.6 Å². The topological polar surface area (TPSA) is 55.3 Å². The lowest BCUT2D eigenvalue weighted by atomic mass is 9.92. The zero-order valence-corrected chi connectivity index (χ0v) is 12.6. The van der Waals surface area contributed by atoms with E-state index in [4.69, 9.17) is 10.2 Å². The first kappa shape index (κ1) is 14.5. The third-order valence-electron chi connectivity index (χ3n) is 4.00. The van der Waals surface area contributed by atoms with Gasteiger partial charge in [-0.05, 0) is 25.3 Å². The van der Waals surface area contributed by atoms with Crippen LogP contribution >= 0.6 is 0 Å². The summed E-state index contributed by atoms with van der Waals surface area (Å²) >= 11 is 0. The van der Waals surface area contributed by atoms with Crippen molar-refractivity contribution < 1.29 is 4.42 Å². The minimum absolute atomic E-state index is 0.0227. The van der Waals surface area contributed by atoms with Crippen LogP contribution < -0.4 is 5.73 Å². The molecule has 0 bridgehead atoms. The Morgan fingerprint density at radius 3 is 2.79 bits per heavy atom. The van der Waals surface area contributed by atoms with Crippen molar-refractivity contribution in [3.05, 3.63) is 17.8 Å². The van der Waals surface area contributed by atoms with Gasteiger partial charge in [0.15, 0.2) is 0 Å². The van der Waals surface area contributed by atoms with E-state index < -0.39 is 0 Å². The predicted octanol–water partition coefficient (Wildman–Crippen LogP) is 2.53. The summed E-state index contributed by atoms with van der Waals surface area (Å²) in [6.07, 6.45) is 4.28. The quantitative estimate of drug-likeness (QED) is 0.912. The number of nitrogens with two attached hydrogens (primary N) is 1. The van der Waals surface area contributed by atoms with E-state index in [-0.39, 0.29) is 5.41 Å². The molecule has 0 amide bonds. The van der Waals surface area contributed by atoms with Crippen LogP contribution in [0.25, 0.3) is 0 Å². The second-order valence-electron chi connectivity index (χ2n) is 6.86. The number of aromatic nitrogens is 1. The molecular formula is C15H27N3O. The summed E-state index contributed by atoms with van der Waals surface area (Å²) in [7, 11) is 0. The van der Waals surface area contributed by atoms with Gasteiger partial charge in [-0.1, -0.05) is 27.7 Å². The maximum absolute atomic E-state index is 5.89. The third-order valence-corrected chi connectivity index (χ3v) is 4.00. The number of hydrogen-bond donors (Lipinski definition) is 1. The molecule has 1 aliphatic heterocycles. The summed E-state index contributed by atoms with van der Waals surface area (Å²) in [5, 5.41) is 0. The molecule has 0 radical (unpaired) electrons. The van der Waals surface area contributed by atoms with Crippen molar-refractivity contribution >= 4 is 0 Å². The largest absolute Gasteiger partial charge is 0.444 e. The van der Waals surface area contributed by atoms with Crippen LogP contribution in [0, 0.1) is 5.92 Å². The molecule has 2 heterocycles.